The summed E-state index contributed by atoms with van der Waals surface area (Å²) < 4.78 is 28.3. The number of sulfonamides is 1. The van der Waals surface area contributed by atoms with Crippen molar-refractivity contribution in [3.63, 3.8) is 0 Å². The van der Waals surface area contributed by atoms with Gasteiger partial charge >= 0.3 is 0 Å². The molecule has 2 N–H and O–H groups in total. The maximum atomic E-state index is 12.2. The molecule has 0 aliphatic rings. The largest absolute Gasteiger partial charge is 0.323 e. The maximum Gasteiger partial charge on any atom is 0.240 e. The van der Waals surface area contributed by atoms with Gasteiger partial charge in [-0.2, -0.15) is 5.10 Å². The van der Waals surface area contributed by atoms with Crippen LogP contribution >= 0.6 is 11.6 Å². The van der Waals surface area contributed by atoms with Crippen molar-refractivity contribution >= 4 is 33.2 Å². The van der Waals surface area contributed by atoms with Gasteiger partial charge in [0.25, 0.3) is 0 Å². The fraction of sp³-hybridized carbons (Fsp3) is 0.118. The number of nitrogens with one attached hydrogen (secondary N) is 2. The van der Waals surface area contributed by atoms with Crippen molar-refractivity contribution in [1.82, 2.24) is 19.5 Å². The van der Waals surface area contributed by atoms with Crippen molar-refractivity contribution < 1.29 is 13.2 Å². The van der Waals surface area contributed by atoms with E-state index in [1.54, 1.807) is 48.9 Å². The Morgan fingerprint density at radius 2 is 2.00 bits per heavy atom. The molecule has 0 fully saturated rings. The number of aromatic nitrogens is 3. The third-order valence-corrected chi connectivity index (χ3v) is 5.23. The molecule has 0 saturated heterocycles. The first-order valence-electron chi connectivity index (χ1n) is 7.96. The number of pyridine rings is 1. The normalized spacial score (nSPS) is 11.3. The van der Waals surface area contributed by atoms with Crippen molar-refractivity contribution in [2.45, 2.75) is 11.3 Å². The summed E-state index contributed by atoms with van der Waals surface area (Å²) in [7, 11) is -3.74. The molecule has 27 heavy (non-hydrogen) atoms. The molecule has 2 heterocycles. The van der Waals surface area contributed by atoms with Crippen LogP contribution in [0.5, 0.6) is 0 Å². The minimum Gasteiger partial charge on any atom is -0.323 e. The number of anilines is 1. The van der Waals surface area contributed by atoms with Crippen molar-refractivity contribution in [3.8, 4) is 5.82 Å². The summed E-state index contributed by atoms with van der Waals surface area (Å²) in [6, 6.07) is 11.0. The van der Waals surface area contributed by atoms with Gasteiger partial charge in [0, 0.05) is 36.6 Å². The molecule has 0 saturated carbocycles. The zero-order chi connectivity index (χ0) is 19.3. The fourth-order valence-corrected chi connectivity index (χ4v) is 3.63. The highest BCUT2D eigenvalue weighted by molar-refractivity contribution is 7.89. The minimum absolute atomic E-state index is 0.0450. The Labute approximate surface area is 161 Å². The number of amides is 1. The van der Waals surface area contributed by atoms with E-state index in [4.69, 9.17) is 11.6 Å². The Morgan fingerprint density at radius 1 is 1.15 bits per heavy atom. The summed E-state index contributed by atoms with van der Waals surface area (Å²) in [5, 5.41) is 7.12. The van der Waals surface area contributed by atoms with E-state index in [1.165, 1.54) is 16.8 Å². The standard InChI is InChI=1S/C17H16ClN5O3S/c18-13-4-1-5-14(12-13)27(25,26)21-10-7-16(24)22-15-6-2-8-19-17(15)23-11-3-9-20-23/h1-6,8-9,11-12,21H,7,10H2,(H,22,24). The van der Waals surface area contributed by atoms with Crippen LogP contribution in [0.2, 0.25) is 5.02 Å². The van der Waals surface area contributed by atoms with Gasteiger partial charge in [-0.05, 0) is 36.4 Å². The molecule has 10 heteroatoms. The molecule has 8 nitrogen and oxygen atoms in total. The number of carbonyl (C=O) groups is 1. The second-order valence-corrected chi connectivity index (χ2v) is 7.68. The van der Waals surface area contributed by atoms with Crippen LogP contribution < -0.4 is 10.0 Å². The Balaban J connectivity index is 1.60. The maximum absolute atomic E-state index is 12.2. The highest BCUT2D eigenvalue weighted by atomic mass is 35.5. The minimum atomic E-state index is -3.74. The Hall–Kier alpha value is -2.75. The number of hydrogen-bond acceptors (Lipinski definition) is 5. The van der Waals surface area contributed by atoms with Crippen molar-refractivity contribution in [3.05, 3.63) is 66.1 Å². The molecule has 140 valence electrons. The third-order valence-electron chi connectivity index (χ3n) is 3.53. The lowest BCUT2D eigenvalue weighted by atomic mass is 10.3. The lowest BCUT2D eigenvalue weighted by molar-refractivity contribution is -0.116. The fourth-order valence-electron chi connectivity index (χ4n) is 2.30. The molecule has 0 radical (unpaired) electrons. The van der Waals surface area contributed by atoms with Gasteiger partial charge in [0.05, 0.1) is 10.6 Å². The highest BCUT2D eigenvalue weighted by Crippen LogP contribution is 2.17. The third kappa shape index (κ3) is 4.91. The van der Waals surface area contributed by atoms with E-state index in [1.807, 2.05) is 0 Å². The van der Waals surface area contributed by atoms with Crippen LogP contribution in [0.3, 0.4) is 0 Å². The number of halogens is 1. The molecular formula is C17H16ClN5O3S. The van der Waals surface area contributed by atoms with Crippen LogP contribution in [-0.2, 0) is 14.8 Å². The first-order valence-corrected chi connectivity index (χ1v) is 9.82. The van der Waals surface area contributed by atoms with Crippen molar-refractivity contribution in [2.75, 3.05) is 11.9 Å². The van der Waals surface area contributed by atoms with Crippen LogP contribution in [0, 0.1) is 0 Å². The van der Waals surface area contributed by atoms with E-state index in [9.17, 15) is 13.2 Å². The zero-order valence-corrected chi connectivity index (χ0v) is 15.6. The molecule has 0 spiro atoms. The van der Waals surface area contributed by atoms with Gasteiger partial charge in [-0.1, -0.05) is 17.7 Å². The average Bonchev–Trinajstić information content (AvgIpc) is 3.16. The molecular weight excluding hydrogens is 390 g/mol. The molecule has 1 aromatic carbocycles. The number of rotatable bonds is 7. The monoisotopic (exact) mass is 405 g/mol. The number of nitrogens with zero attached hydrogens (tertiary/aromatic N) is 3. The summed E-state index contributed by atoms with van der Waals surface area (Å²) in [4.78, 5) is 16.4. The van der Waals surface area contributed by atoms with E-state index < -0.39 is 10.0 Å². The van der Waals surface area contributed by atoms with Crippen molar-refractivity contribution in [2.24, 2.45) is 0 Å². The van der Waals surface area contributed by atoms with Crippen LogP contribution in [-0.4, -0.2) is 35.6 Å². The molecule has 0 bridgehead atoms. The summed E-state index contributed by atoms with van der Waals surface area (Å²) >= 11 is 5.81. The van der Waals surface area contributed by atoms with Crippen LogP contribution in [0.4, 0.5) is 5.69 Å². The van der Waals surface area contributed by atoms with E-state index in [-0.39, 0.29) is 23.8 Å². The first kappa shape index (κ1) is 19.0. The molecule has 0 unspecified atom stereocenters. The Bertz CT molecular complexity index is 1040. The van der Waals surface area contributed by atoms with E-state index >= 15 is 0 Å². The van der Waals surface area contributed by atoms with Crippen LogP contribution in [0.1, 0.15) is 6.42 Å². The Kier molecular flexibility index (Phi) is 5.84. The van der Waals surface area contributed by atoms with Gasteiger partial charge in [-0.15, -0.1) is 0 Å². The summed E-state index contributed by atoms with van der Waals surface area (Å²) in [6.07, 6.45) is 4.85. The number of carbonyl (C=O) groups excluding carboxylic acids is 1. The quantitative estimate of drug-likeness (QED) is 0.627. The molecule has 1 amide bonds. The predicted octanol–water partition coefficient (Wildman–Crippen LogP) is 2.23. The second kappa shape index (κ2) is 8.30. The van der Waals surface area contributed by atoms with Gasteiger partial charge in [-0.3, -0.25) is 4.79 Å². The molecule has 2 aromatic heterocycles. The van der Waals surface area contributed by atoms with Crippen molar-refractivity contribution in [1.29, 1.82) is 0 Å². The first-order chi connectivity index (χ1) is 13.0. The molecule has 0 atom stereocenters. The lowest BCUT2D eigenvalue weighted by Gasteiger charge is -2.10. The molecule has 0 aliphatic heterocycles. The average molecular weight is 406 g/mol. The Morgan fingerprint density at radius 3 is 2.74 bits per heavy atom. The topological polar surface area (TPSA) is 106 Å². The SMILES string of the molecule is O=C(CCNS(=O)(=O)c1cccc(Cl)c1)Nc1cccnc1-n1cccn1. The number of hydrogen-bond donors (Lipinski definition) is 2. The zero-order valence-electron chi connectivity index (χ0n) is 14.0. The molecule has 3 rings (SSSR count). The van der Waals surface area contributed by atoms with Gasteiger partial charge < -0.3 is 5.32 Å². The smallest absolute Gasteiger partial charge is 0.240 e. The van der Waals surface area contributed by atoms with Crippen LogP contribution in [0.25, 0.3) is 5.82 Å². The van der Waals surface area contributed by atoms with Gasteiger partial charge in [0.15, 0.2) is 5.82 Å². The van der Waals surface area contributed by atoms with E-state index in [0.717, 1.165) is 0 Å². The van der Waals surface area contributed by atoms with Gasteiger partial charge in [0.1, 0.15) is 0 Å². The van der Waals surface area contributed by atoms with Gasteiger partial charge in [-0.25, -0.2) is 22.8 Å². The molecule has 3 aromatic rings. The highest BCUT2D eigenvalue weighted by Gasteiger charge is 2.15. The van der Waals surface area contributed by atoms with Crippen LogP contribution in [0.15, 0.2) is 66.0 Å². The van der Waals surface area contributed by atoms with E-state index in [0.29, 0.717) is 16.5 Å². The molecule has 0 aliphatic carbocycles. The lowest BCUT2D eigenvalue weighted by Crippen LogP contribution is -2.28. The number of benzene rings is 1. The van der Waals surface area contributed by atoms with Gasteiger partial charge in [0.2, 0.25) is 15.9 Å². The van der Waals surface area contributed by atoms with E-state index in [2.05, 4.69) is 20.1 Å². The predicted molar refractivity (Wildman–Crippen MR) is 101 cm³/mol. The summed E-state index contributed by atoms with van der Waals surface area (Å²) in [5.74, 6) is 0.112. The summed E-state index contributed by atoms with van der Waals surface area (Å²) in [6.45, 7) is -0.0575. The summed E-state index contributed by atoms with van der Waals surface area (Å²) in [5.41, 5.74) is 0.476. The second-order valence-electron chi connectivity index (χ2n) is 5.48.